The van der Waals surface area contributed by atoms with Gasteiger partial charge in [0.1, 0.15) is 33.4 Å². The number of fused-ring (bicyclic) bond motifs is 1. The minimum Gasteiger partial charge on any atom is -0.744 e. The Balaban J connectivity index is 0.00000165. The summed E-state index contributed by atoms with van der Waals surface area (Å²) in [5.74, 6) is 0.635. The molecule has 8 rings (SSSR count). The van der Waals surface area contributed by atoms with E-state index in [2.05, 4.69) is 58.8 Å². The fraction of sp³-hybridized carbons (Fsp3) is 0.458. The number of aryl methyl sites for hydroxylation is 2. The lowest BCUT2D eigenvalue weighted by molar-refractivity contribution is -0.443. The van der Waals surface area contributed by atoms with Crippen molar-refractivity contribution < 1.29 is 52.7 Å². The van der Waals surface area contributed by atoms with Gasteiger partial charge in [0.05, 0.1) is 32.7 Å². The number of amides is 1. The van der Waals surface area contributed by atoms with E-state index in [1.165, 1.54) is 23.5 Å². The number of anilines is 1. The molecule has 4 aliphatic heterocycles. The number of unbranched alkanes of at least 4 members (excludes halogenated alkanes) is 3. The second-order valence-corrected chi connectivity index (χ2v) is 22.2. The van der Waals surface area contributed by atoms with E-state index in [0.29, 0.717) is 86.7 Å². The standard InChI is InChI=1S/C48H55N5O8S3.O3S/c1-4-5-24-47(2)39(52-27-10-13-32-18-22-37(63(55,56)57)43(47)45(32)52)15-9-16-40-48(3,44-38(64(58,59)60)23-19-33-14-11-28-53(40)46(33)44)25-8-6-7-17-41(54)50-26-12-29-61-34-20-21-35-36(30-34)62-42(31-49)51-35;1-4(2)3/h9,15-16,18-23,30H,4-8,10-14,17,24-29H2,1-3H3,(H2-,50,54,55,56,57,58,59,60);. The minimum absolute atomic E-state index is 0.0491. The van der Waals surface area contributed by atoms with Crippen LogP contribution in [0.3, 0.4) is 0 Å². The predicted octanol–water partition coefficient (Wildman–Crippen LogP) is 7.51. The van der Waals surface area contributed by atoms with Crippen molar-refractivity contribution in [3.8, 4) is 11.8 Å². The van der Waals surface area contributed by atoms with Crippen LogP contribution in [0.15, 0.2) is 76.2 Å². The van der Waals surface area contributed by atoms with Crippen molar-refractivity contribution in [2.24, 2.45) is 0 Å². The molecule has 0 aliphatic carbocycles. The summed E-state index contributed by atoms with van der Waals surface area (Å²) >= 11 is 1.32. The summed E-state index contributed by atoms with van der Waals surface area (Å²) in [6.07, 6.45) is 15.4. The summed E-state index contributed by atoms with van der Waals surface area (Å²) in [5.41, 5.74) is 6.04. The maximum absolute atomic E-state index is 13.0. The van der Waals surface area contributed by atoms with Gasteiger partial charge in [-0.15, -0.1) is 24.0 Å². The summed E-state index contributed by atoms with van der Waals surface area (Å²) in [6.45, 7) is 8.46. The molecule has 3 aromatic carbocycles. The lowest BCUT2D eigenvalue weighted by atomic mass is 9.74. The molecule has 4 aromatic rings. The molecule has 2 unspecified atom stereocenters. The molecule has 0 radical (unpaired) electrons. The molecule has 4 aliphatic rings. The Bertz CT molecular complexity index is 3120. The van der Waals surface area contributed by atoms with Gasteiger partial charge in [-0.2, -0.15) is 18.3 Å². The number of hydrogen-bond acceptors (Lipinski definition) is 14. The van der Waals surface area contributed by atoms with Crippen molar-refractivity contribution in [3.63, 3.8) is 0 Å². The van der Waals surface area contributed by atoms with E-state index < -0.39 is 41.7 Å². The van der Waals surface area contributed by atoms with E-state index >= 15 is 0 Å². The largest absolute Gasteiger partial charge is 0.744 e. The quantitative estimate of drug-likeness (QED) is 0.0557. The Morgan fingerprint density at radius 2 is 1.71 bits per heavy atom. The van der Waals surface area contributed by atoms with Crippen molar-refractivity contribution in [1.29, 1.82) is 5.26 Å². The first kappa shape index (κ1) is 50.6. The van der Waals surface area contributed by atoms with Crippen LogP contribution in [0.5, 0.6) is 5.75 Å². The number of benzene rings is 3. The summed E-state index contributed by atoms with van der Waals surface area (Å²) in [4.78, 5) is 19.0. The minimum atomic E-state index is -4.75. The van der Waals surface area contributed by atoms with Crippen molar-refractivity contribution in [2.45, 2.75) is 125 Å². The number of carbonyl (C=O) groups is 1. The van der Waals surface area contributed by atoms with Gasteiger partial charge in [0, 0.05) is 59.9 Å². The van der Waals surface area contributed by atoms with Gasteiger partial charge in [0.25, 0.3) is 10.1 Å². The third-order valence-corrected chi connectivity index (χ3v) is 16.2. The first-order chi connectivity index (χ1) is 32.3. The molecule has 2 N–H and O–H groups in total. The van der Waals surface area contributed by atoms with Gasteiger partial charge in [-0.1, -0.05) is 50.8 Å². The Morgan fingerprint density at radius 1 is 0.985 bits per heavy atom. The number of thiazole rings is 1. The van der Waals surface area contributed by atoms with Gasteiger partial charge < -0.3 is 19.5 Å². The van der Waals surface area contributed by atoms with Crippen molar-refractivity contribution in [2.75, 3.05) is 31.1 Å². The Labute approximate surface area is 403 Å². The zero-order chi connectivity index (χ0) is 49.0. The molecule has 0 saturated carbocycles. The number of allylic oxidation sites excluding steroid dienone is 4. The molecule has 2 atom stereocenters. The fourth-order valence-electron chi connectivity index (χ4n) is 10.5. The number of nitrogens with one attached hydrogen (secondary N) is 1. The molecular weight excluding hydrogens is 951 g/mol. The molecule has 16 nitrogen and oxygen atoms in total. The van der Waals surface area contributed by atoms with Crippen LogP contribution in [0, 0.1) is 11.3 Å². The maximum atomic E-state index is 13.0. The van der Waals surface area contributed by atoms with Crippen molar-refractivity contribution in [3.05, 3.63) is 93.7 Å². The van der Waals surface area contributed by atoms with Crippen LogP contribution in [0.4, 0.5) is 11.4 Å². The SMILES string of the molecule is CCCCC1(C)C(=CC=CC2=[N+]3CCCc4ccc(S(=O)(=O)O)c(c43)C2(C)CCCCCC(=O)NCCCOc2ccc3nc(C#N)sc3c2)N2CCCc3ccc(S(=O)(=O)[O-])c1c32.O=S(=O)=O. The number of hydrogen-bond donors (Lipinski definition) is 2. The smallest absolute Gasteiger partial charge is 0.425 e. The topological polar surface area (TPSA) is 244 Å². The molecule has 362 valence electrons. The number of carbonyl (C=O) groups excluding carboxylic acids is 1. The van der Waals surface area contributed by atoms with E-state index in [9.17, 15) is 30.7 Å². The van der Waals surface area contributed by atoms with E-state index in [1.807, 2.05) is 30.3 Å². The van der Waals surface area contributed by atoms with Crippen LogP contribution in [0.1, 0.15) is 119 Å². The van der Waals surface area contributed by atoms with Crippen LogP contribution in [0.2, 0.25) is 0 Å². The molecule has 0 fully saturated rings. The number of nitriles is 1. The Hall–Kier alpha value is -5.30. The number of nitrogens with zero attached hydrogens (tertiary/aromatic N) is 4. The highest BCUT2D eigenvalue weighted by Gasteiger charge is 2.53. The van der Waals surface area contributed by atoms with Gasteiger partial charge in [-0.3, -0.25) is 9.35 Å². The summed E-state index contributed by atoms with van der Waals surface area (Å²) < 4.78 is 109. The molecule has 5 heterocycles. The Morgan fingerprint density at radius 3 is 2.43 bits per heavy atom. The highest BCUT2D eigenvalue weighted by molar-refractivity contribution is 7.86. The normalized spacial score (nSPS) is 20.0. The number of ether oxygens (including phenoxy) is 1. The second kappa shape index (κ2) is 20.7. The maximum Gasteiger partial charge on any atom is 0.425 e. The number of rotatable bonds is 18. The van der Waals surface area contributed by atoms with Crippen molar-refractivity contribution in [1.82, 2.24) is 10.3 Å². The average molecular weight is 1010 g/mol. The van der Waals surface area contributed by atoms with Gasteiger partial charge >= 0.3 is 10.6 Å². The first-order valence-electron chi connectivity index (χ1n) is 22.9. The highest BCUT2D eigenvalue weighted by Crippen LogP contribution is 2.56. The lowest BCUT2D eigenvalue weighted by Crippen LogP contribution is -2.33. The Kier molecular flexibility index (Phi) is 15.4. The average Bonchev–Trinajstić information content (AvgIpc) is 3.90. The molecule has 0 saturated heterocycles. The van der Waals surface area contributed by atoms with E-state index in [1.54, 1.807) is 6.07 Å². The predicted molar refractivity (Wildman–Crippen MR) is 256 cm³/mol. The molecule has 0 bridgehead atoms. The zero-order valence-electron chi connectivity index (χ0n) is 38.2. The lowest BCUT2D eigenvalue weighted by Gasteiger charge is -2.32. The highest BCUT2D eigenvalue weighted by atomic mass is 32.2. The molecule has 68 heavy (non-hydrogen) atoms. The van der Waals surface area contributed by atoms with Crippen LogP contribution in [-0.4, -0.2) is 86.0 Å². The van der Waals surface area contributed by atoms with E-state index in [4.69, 9.17) is 22.6 Å². The van der Waals surface area contributed by atoms with Crippen LogP contribution >= 0.6 is 11.3 Å². The summed E-state index contributed by atoms with van der Waals surface area (Å²) in [5, 5.41) is 12.5. The monoisotopic (exact) mass is 1010 g/mol. The third-order valence-electron chi connectivity index (χ3n) is 13.5. The van der Waals surface area contributed by atoms with Gasteiger partial charge in [0.15, 0.2) is 10.7 Å². The van der Waals surface area contributed by atoms with Gasteiger partial charge in [-0.05, 0) is 101 Å². The number of aromatic nitrogens is 1. The fourth-order valence-corrected chi connectivity index (χ4v) is 12.9. The van der Waals surface area contributed by atoms with Crippen LogP contribution in [-0.2, 0) is 59.3 Å². The second-order valence-electron chi connectivity index (χ2n) is 18.0. The molecule has 0 spiro atoms. The molecular formula is C48H55N5O11S4. The summed E-state index contributed by atoms with van der Waals surface area (Å²) in [7, 11) is -12.4. The van der Waals surface area contributed by atoms with E-state index in [-0.39, 0.29) is 15.7 Å². The molecule has 1 aromatic heterocycles. The van der Waals surface area contributed by atoms with Gasteiger partial charge in [-0.25, -0.2) is 13.4 Å². The zero-order valence-corrected chi connectivity index (χ0v) is 41.5. The molecule has 1 amide bonds. The van der Waals surface area contributed by atoms with Crippen molar-refractivity contribution >= 4 is 75.4 Å². The van der Waals surface area contributed by atoms with Crippen LogP contribution < -0.4 is 15.0 Å². The first-order valence-corrected chi connectivity index (χ1v) is 27.5. The van der Waals surface area contributed by atoms with E-state index in [0.717, 1.165) is 89.1 Å². The van der Waals surface area contributed by atoms with Gasteiger partial charge in [0.2, 0.25) is 11.6 Å². The molecule has 20 heteroatoms. The third kappa shape index (κ3) is 10.5. The summed E-state index contributed by atoms with van der Waals surface area (Å²) in [6, 6.07) is 14.2. The van der Waals surface area contributed by atoms with Crippen LogP contribution in [0.25, 0.3) is 10.2 Å².